The van der Waals surface area contributed by atoms with Crippen molar-refractivity contribution < 1.29 is 14.3 Å². The van der Waals surface area contributed by atoms with Gasteiger partial charge in [-0.25, -0.2) is 4.98 Å². The maximum atomic E-state index is 12.2. The number of H-pyrrole nitrogens is 1. The molecule has 0 saturated carbocycles. The number of aromatic nitrogens is 2. The van der Waals surface area contributed by atoms with Gasteiger partial charge in [0.05, 0.1) is 10.9 Å². The van der Waals surface area contributed by atoms with Crippen molar-refractivity contribution in [3.05, 3.63) is 23.5 Å². The predicted octanol–water partition coefficient (Wildman–Crippen LogP) is 2.52. The number of nitrogens with one attached hydrogen (secondary N) is 1. The van der Waals surface area contributed by atoms with E-state index >= 15 is 0 Å². The molecule has 1 aromatic carbocycles. The molecule has 0 fully saturated rings. The molecule has 6 nitrogen and oxygen atoms in total. The summed E-state index contributed by atoms with van der Waals surface area (Å²) in [5.41, 5.74) is 1.02. The SMILES string of the molecule is Cc1nc2c(OC(=O)C(C)(C)C)cc(C(=O)N(C)C)cc2[nH]1. The smallest absolute Gasteiger partial charge is 0.316 e. The van der Waals surface area contributed by atoms with Crippen LogP contribution in [0, 0.1) is 12.3 Å². The molecule has 0 spiro atoms. The van der Waals surface area contributed by atoms with E-state index in [0.29, 0.717) is 28.2 Å². The van der Waals surface area contributed by atoms with Crippen LogP contribution in [0.5, 0.6) is 5.75 Å². The van der Waals surface area contributed by atoms with Crippen LogP contribution in [-0.2, 0) is 4.79 Å². The number of benzene rings is 1. The summed E-state index contributed by atoms with van der Waals surface area (Å²) in [6.07, 6.45) is 0. The number of rotatable bonds is 2. The molecule has 1 amide bonds. The first-order chi connectivity index (χ1) is 10.1. The molecule has 1 aromatic heterocycles. The number of esters is 1. The fourth-order valence-corrected chi connectivity index (χ4v) is 1.92. The second-order valence-corrected chi connectivity index (χ2v) is 6.53. The highest BCUT2D eigenvalue weighted by Crippen LogP contribution is 2.28. The van der Waals surface area contributed by atoms with Crippen LogP contribution >= 0.6 is 0 Å². The minimum Gasteiger partial charge on any atom is -0.424 e. The van der Waals surface area contributed by atoms with Gasteiger partial charge >= 0.3 is 5.97 Å². The van der Waals surface area contributed by atoms with Crippen molar-refractivity contribution in [1.82, 2.24) is 14.9 Å². The van der Waals surface area contributed by atoms with Gasteiger partial charge in [-0.05, 0) is 39.8 Å². The minimum absolute atomic E-state index is 0.165. The van der Waals surface area contributed by atoms with E-state index in [0.717, 1.165) is 0 Å². The topological polar surface area (TPSA) is 75.3 Å². The molecule has 0 aliphatic rings. The molecule has 6 heteroatoms. The number of fused-ring (bicyclic) bond motifs is 1. The van der Waals surface area contributed by atoms with Gasteiger partial charge in [-0.15, -0.1) is 0 Å². The van der Waals surface area contributed by atoms with E-state index in [2.05, 4.69) is 9.97 Å². The Labute approximate surface area is 129 Å². The average Bonchev–Trinajstić information content (AvgIpc) is 2.76. The van der Waals surface area contributed by atoms with Crippen molar-refractivity contribution in [2.24, 2.45) is 5.41 Å². The highest BCUT2D eigenvalue weighted by molar-refractivity contribution is 5.99. The first kappa shape index (κ1) is 16.0. The van der Waals surface area contributed by atoms with Crippen molar-refractivity contribution in [3.63, 3.8) is 0 Å². The number of aryl methyl sites for hydroxylation is 1. The van der Waals surface area contributed by atoms with E-state index in [4.69, 9.17) is 4.74 Å². The molecule has 0 atom stereocenters. The number of carbonyl (C=O) groups excluding carboxylic acids is 2. The maximum absolute atomic E-state index is 12.2. The van der Waals surface area contributed by atoms with Crippen molar-refractivity contribution in [3.8, 4) is 5.75 Å². The number of hydrogen-bond acceptors (Lipinski definition) is 4. The Hall–Kier alpha value is -2.37. The largest absolute Gasteiger partial charge is 0.424 e. The zero-order chi connectivity index (χ0) is 16.7. The second-order valence-electron chi connectivity index (χ2n) is 6.53. The molecule has 0 unspecified atom stereocenters. The standard InChI is InChI=1S/C16H21N3O3/c1-9-17-11-7-10(14(20)19(5)6)8-12(13(11)18-9)22-15(21)16(2,3)4/h7-8H,1-6H3,(H,17,18). The van der Waals surface area contributed by atoms with Crippen molar-refractivity contribution >= 4 is 22.9 Å². The molecule has 0 saturated heterocycles. The number of ether oxygens (including phenoxy) is 1. The van der Waals surface area contributed by atoms with Crippen LogP contribution in [0.2, 0.25) is 0 Å². The molecule has 22 heavy (non-hydrogen) atoms. The number of imidazole rings is 1. The lowest BCUT2D eigenvalue weighted by atomic mass is 9.97. The summed E-state index contributed by atoms with van der Waals surface area (Å²) >= 11 is 0. The Morgan fingerprint density at radius 3 is 2.41 bits per heavy atom. The molecule has 2 aromatic rings. The third-order valence-corrected chi connectivity index (χ3v) is 3.14. The molecule has 1 N–H and O–H groups in total. The number of carbonyl (C=O) groups is 2. The normalized spacial score (nSPS) is 11.5. The quantitative estimate of drug-likeness (QED) is 0.683. The van der Waals surface area contributed by atoms with Crippen molar-refractivity contribution in [2.75, 3.05) is 14.1 Å². The van der Waals surface area contributed by atoms with Gasteiger partial charge in [0.25, 0.3) is 5.91 Å². The van der Waals surface area contributed by atoms with E-state index in [-0.39, 0.29) is 11.9 Å². The predicted molar refractivity (Wildman–Crippen MR) is 83.9 cm³/mol. The van der Waals surface area contributed by atoms with Crippen LogP contribution in [0.25, 0.3) is 11.0 Å². The summed E-state index contributed by atoms with van der Waals surface area (Å²) in [6.45, 7) is 7.13. The molecule has 1 heterocycles. The third-order valence-electron chi connectivity index (χ3n) is 3.14. The van der Waals surface area contributed by atoms with Gasteiger partial charge in [-0.2, -0.15) is 0 Å². The lowest BCUT2D eigenvalue weighted by molar-refractivity contribution is -0.142. The molecule has 0 bridgehead atoms. The van der Waals surface area contributed by atoms with Gasteiger partial charge in [-0.3, -0.25) is 9.59 Å². The summed E-state index contributed by atoms with van der Waals surface area (Å²) < 4.78 is 5.48. The van der Waals surface area contributed by atoms with Crippen molar-refractivity contribution in [1.29, 1.82) is 0 Å². The Balaban J connectivity index is 2.55. The van der Waals surface area contributed by atoms with Gasteiger partial charge < -0.3 is 14.6 Å². The summed E-state index contributed by atoms with van der Waals surface area (Å²) in [6, 6.07) is 3.28. The van der Waals surface area contributed by atoms with Gasteiger partial charge in [0.15, 0.2) is 5.75 Å². The van der Waals surface area contributed by atoms with Gasteiger partial charge in [0.2, 0.25) is 0 Å². The molecular formula is C16H21N3O3. The minimum atomic E-state index is -0.640. The van der Waals surface area contributed by atoms with Crippen LogP contribution in [0.1, 0.15) is 37.0 Å². The first-order valence-corrected chi connectivity index (χ1v) is 7.04. The number of amides is 1. The van der Waals surface area contributed by atoms with Crippen molar-refractivity contribution in [2.45, 2.75) is 27.7 Å². The van der Waals surface area contributed by atoms with Gasteiger partial charge in [-0.1, -0.05) is 0 Å². The highest BCUT2D eigenvalue weighted by Gasteiger charge is 2.25. The van der Waals surface area contributed by atoms with Gasteiger partial charge in [0.1, 0.15) is 11.3 Å². The maximum Gasteiger partial charge on any atom is 0.316 e. The van der Waals surface area contributed by atoms with Crippen LogP contribution in [0.3, 0.4) is 0 Å². The zero-order valence-corrected chi connectivity index (χ0v) is 13.8. The Kier molecular flexibility index (Phi) is 3.96. The fraction of sp³-hybridized carbons (Fsp3) is 0.438. The van der Waals surface area contributed by atoms with Crippen LogP contribution in [0.15, 0.2) is 12.1 Å². The Morgan fingerprint density at radius 2 is 1.86 bits per heavy atom. The van der Waals surface area contributed by atoms with E-state index in [1.54, 1.807) is 47.0 Å². The van der Waals surface area contributed by atoms with Crippen LogP contribution < -0.4 is 4.74 Å². The molecule has 0 aliphatic heterocycles. The summed E-state index contributed by atoms with van der Waals surface area (Å²) in [5.74, 6) is 0.454. The lowest BCUT2D eigenvalue weighted by Gasteiger charge is -2.17. The molecule has 0 radical (unpaired) electrons. The first-order valence-electron chi connectivity index (χ1n) is 7.04. The number of hydrogen-bond donors (Lipinski definition) is 1. The zero-order valence-electron chi connectivity index (χ0n) is 13.8. The molecular weight excluding hydrogens is 282 g/mol. The summed E-state index contributed by atoms with van der Waals surface area (Å²) in [7, 11) is 3.34. The average molecular weight is 303 g/mol. The van der Waals surface area contributed by atoms with Crippen LogP contribution in [-0.4, -0.2) is 40.8 Å². The number of aromatic amines is 1. The highest BCUT2D eigenvalue weighted by atomic mass is 16.5. The fourth-order valence-electron chi connectivity index (χ4n) is 1.92. The second kappa shape index (κ2) is 5.44. The monoisotopic (exact) mass is 303 g/mol. The lowest BCUT2D eigenvalue weighted by Crippen LogP contribution is -2.26. The van der Waals surface area contributed by atoms with E-state index in [1.165, 1.54) is 4.90 Å². The third kappa shape index (κ3) is 3.10. The van der Waals surface area contributed by atoms with E-state index < -0.39 is 5.41 Å². The number of nitrogens with zero attached hydrogens (tertiary/aromatic N) is 2. The van der Waals surface area contributed by atoms with Gasteiger partial charge in [0, 0.05) is 19.7 Å². The molecule has 0 aliphatic carbocycles. The Morgan fingerprint density at radius 1 is 1.23 bits per heavy atom. The molecule has 118 valence electrons. The van der Waals surface area contributed by atoms with Crippen LogP contribution in [0.4, 0.5) is 0 Å². The van der Waals surface area contributed by atoms with E-state index in [9.17, 15) is 9.59 Å². The molecule has 2 rings (SSSR count). The summed E-state index contributed by atoms with van der Waals surface area (Å²) in [4.78, 5) is 33.2. The Bertz CT molecular complexity index is 739. The van der Waals surface area contributed by atoms with E-state index in [1.807, 2.05) is 6.92 Å². The summed E-state index contributed by atoms with van der Waals surface area (Å²) in [5, 5.41) is 0.